The van der Waals surface area contributed by atoms with Crippen LogP contribution >= 0.6 is 11.8 Å². The van der Waals surface area contributed by atoms with E-state index in [0.29, 0.717) is 0 Å². The Bertz CT molecular complexity index is 1100. The van der Waals surface area contributed by atoms with Crippen LogP contribution in [0.15, 0.2) is 61.1 Å². The summed E-state index contributed by atoms with van der Waals surface area (Å²) in [6.07, 6.45) is 5.37. The summed E-state index contributed by atoms with van der Waals surface area (Å²) in [5.41, 5.74) is 3.47. The minimum atomic E-state index is -0.265. The lowest BCUT2D eigenvalue weighted by Crippen LogP contribution is -2.32. The van der Waals surface area contributed by atoms with Crippen molar-refractivity contribution in [2.45, 2.75) is 0 Å². The number of thioether (sulfide) groups is 1. The zero-order chi connectivity index (χ0) is 18.9. The molecule has 1 saturated heterocycles. The second-order valence-corrected chi connectivity index (χ2v) is 7.84. The Balaban J connectivity index is 1.60. The molecule has 0 atom stereocenters. The Morgan fingerprint density at radius 3 is 2.50 bits per heavy atom. The minimum absolute atomic E-state index is 0.265. The molecule has 7 heteroatoms. The van der Waals surface area contributed by atoms with E-state index in [1.807, 2.05) is 28.6 Å². The SMILES string of the molecule is Fc1ccc(-n2c(-c3ccc(N4CCSCC4)nc3)nc3ccncc32)cc1. The number of pyridine rings is 2. The number of halogens is 1. The maximum atomic E-state index is 13.4. The van der Waals surface area contributed by atoms with Crippen molar-refractivity contribution in [2.75, 3.05) is 29.5 Å². The van der Waals surface area contributed by atoms with Crippen LogP contribution in [-0.2, 0) is 0 Å². The van der Waals surface area contributed by atoms with E-state index in [0.717, 1.165) is 58.5 Å². The van der Waals surface area contributed by atoms with Crippen LogP contribution in [0.4, 0.5) is 10.2 Å². The summed E-state index contributed by atoms with van der Waals surface area (Å²) < 4.78 is 15.4. The maximum absolute atomic E-state index is 13.4. The van der Waals surface area contributed by atoms with Crippen molar-refractivity contribution in [3.05, 3.63) is 66.9 Å². The van der Waals surface area contributed by atoms with Gasteiger partial charge in [-0.3, -0.25) is 9.55 Å². The average molecular weight is 391 g/mol. The summed E-state index contributed by atoms with van der Waals surface area (Å²) in [4.78, 5) is 16.0. The molecule has 4 aromatic rings. The van der Waals surface area contributed by atoms with Gasteiger partial charge < -0.3 is 4.90 Å². The molecule has 0 bridgehead atoms. The molecule has 0 aliphatic carbocycles. The third kappa shape index (κ3) is 3.11. The molecule has 1 aromatic carbocycles. The van der Waals surface area contributed by atoms with Crippen molar-refractivity contribution in [1.82, 2.24) is 19.5 Å². The topological polar surface area (TPSA) is 46.8 Å². The van der Waals surface area contributed by atoms with Crippen LogP contribution in [0.3, 0.4) is 0 Å². The van der Waals surface area contributed by atoms with Gasteiger partial charge in [-0.1, -0.05) is 0 Å². The molecule has 0 saturated carbocycles. The standard InChI is InChI=1S/C21H18FN5S/c22-16-2-4-17(5-3-16)27-19-14-23-8-7-18(19)25-21(27)15-1-6-20(24-13-15)26-9-11-28-12-10-26/h1-8,13-14H,9-12H2. The summed E-state index contributed by atoms with van der Waals surface area (Å²) in [7, 11) is 0. The molecule has 0 unspecified atom stereocenters. The molecular weight excluding hydrogens is 373 g/mol. The average Bonchev–Trinajstić information content (AvgIpc) is 3.15. The van der Waals surface area contributed by atoms with Crippen molar-refractivity contribution in [2.24, 2.45) is 0 Å². The van der Waals surface area contributed by atoms with Crippen molar-refractivity contribution >= 4 is 28.6 Å². The van der Waals surface area contributed by atoms with Crippen LogP contribution in [0.5, 0.6) is 0 Å². The van der Waals surface area contributed by atoms with Crippen LogP contribution in [0.1, 0.15) is 0 Å². The Hall–Kier alpha value is -2.93. The maximum Gasteiger partial charge on any atom is 0.147 e. The first-order chi connectivity index (χ1) is 13.8. The number of hydrogen-bond donors (Lipinski definition) is 0. The van der Waals surface area contributed by atoms with Crippen molar-refractivity contribution in [3.8, 4) is 17.1 Å². The highest BCUT2D eigenvalue weighted by Crippen LogP contribution is 2.29. The number of anilines is 1. The molecule has 3 aromatic heterocycles. The molecule has 5 nitrogen and oxygen atoms in total. The molecule has 28 heavy (non-hydrogen) atoms. The number of nitrogens with zero attached hydrogens (tertiary/aromatic N) is 5. The first-order valence-electron chi connectivity index (χ1n) is 9.17. The zero-order valence-corrected chi connectivity index (χ0v) is 15.9. The van der Waals surface area contributed by atoms with E-state index >= 15 is 0 Å². The highest BCUT2D eigenvalue weighted by Gasteiger charge is 2.16. The third-order valence-corrected chi connectivity index (χ3v) is 5.83. The Morgan fingerprint density at radius 2 is 1.75 bits per heavy atom. The summed E-state index contributed by atoms with van der Waals surface area (Å²) in [6.45, 7) is 2.05. The predicted octanol–water partition coefficient (Wildman–Crippen LogP) is 4.17. The van der Waals surface area contributed by atoms with Crippen molar-refractivity contribution < 1.29 is 4.39 Å². The molecule has 0 N–H and O–H groups in total. The van der Waals surface area contributed by atoms with Gasteiger partial charge >= 0.3 is 0 Å². The van der Waals surface area contributed by atoms with Crippen LogP contribution in [-0.4, -0.2) is 44.1 Å². The zero-order valence-electron chi connectivity index (χ0n) is 15.1. The van der Waals surface area contributed by atoms with E-state index in [1.165, 1.54) is 12.1 Å². The minimum Gasteiger partial charge on any atom is -0.355 e. The van der Waals surface area contributed by atoms with Crippen LogP contribution in [0.2, 0.25) is 0 Å². The number of rotatable bonds is 3. The number of aromatic nitrogens is 4. The van der Waals surface area contributed by atoms with Gasteiger partial charge in [0.1, 0.15) is 17.5 Å². The monoisotopic (exact) mass is 391 g/mol. The smallest absolute Gasteiger partial charge is 0.147 e. The van der Waals surface area contributed by atoms with Gasteiger partial charge in [0.2, 0.25) is 0 Å². The van der Waals surface area contributed by atoms with Gasteiger partial charge in [0.15, 0.2) is 0 Å². The van der Waals surface area contributed by atoms with E-state index < -0.39 is 0 Å². The highest BCUT2D eigenvalue weighted by molar-refractivity contribution is 7.99. The number of benzene rings is 1. The molecule has 140 valence electrons. The summed E-state index contributed by atoms with van der Waals surface area (Å²) in [5, 5.41) is 0. The van der Waals surface area contributed by atoms with E-state index in [9.17, 15) is 4.39 Å². The molecular formula is C21H18FN5S. The molecule has 5 rings (SSSR count). The molecule has 4 heterocycles. The number of hydrogen-bond acceptors (Lipinski definition) is 5. The quantitative estimate of drug-likeness (QED) is 0.524. The first kappa shape index (κ1) is 17.2. The summed E-state index contributed by atoms with van der Waals surface area (Å²) in [5.74, 6) is 3.77. The fourth-order valence-electron chi connectivity index (χ4n) is 3.47. The first-order valence-corrected chi connectivity index (χ1v) is 10.3. The van der Waals surface area contributed by atoms with E-state index in [2.05, 4.69) is 27.0 Å². The molecule has 1 aliphatic rings. The largest absolute Gasteiger partial charge is 0.355 e. The molecule has 0 spiro atoms. The van der Waals surface area contributed by atoms with Gasteiger partial charge in [0.05, 0.1) is 17.2 Å². The van der Waals surface area contributed by atoms with Gasteiger partial charge in [-0.25, -0.2) is 14.4 Å². The lowest BCUT2D eigenvalue weighted by atomic mass is 10.2. The van der Waals surface area contributed by atoms with Gasteiger partial charge in [-0.05, 0) is 42.5 Å². The van der Waals surface area contributed by atoms with E-state index in [1.54, 1.807) is 24.5 Å². The van der Waals surface area contributed by atoms with Gasteiger partial charge in [-0.15, -0.1) is 0 Å². The second kappa shape index (κ2) is 7.24. The summed E-state index contributed by atoms with van der Waals surface area (Å²) >= 11 is 1.98. The Morgan fingerprint density at radius 1 is 0.929 bits per heavy atom. The lowest BCUT2D eigenvalue weighted by molar-refractivity contribution is 0.627. The third-order valence-electron chi connectivity index (χ3n) is 4.88. The second-order valence-electron chi connectivity index (χ2n) is 6.62. The van der Waals surface area contributed by atoms with Crippen molar-refractivity contribution in [3.63, 3.8) is 0 Å². The van der Waals surface area contributed by atoms with Crippen LogP contribution in [0.25, 0.3) is 28.1 Å². The molecule has 0 amide bonds. The van der Waals surface area contributed by atoms with Crippen LogP contribution in [0, 0.1) is 5.82 Å². The predicted molar refractivity (Wildman–Crippen MR) is 112 cm³/mol. The normalized spacial score (nSPS) is 14.5. The Kier molecular flexibility index (Phi) is 4.44. The van der Waals surface area contributed by atoms with Crippen LogP contribution < -0.4 is 4.90 Å². The van der Waals surface area contributed by atoms with Gasteiger partial charge in [0, 0.05) is 48.2 Å². The van der Waals surface area contributed by atoms with Gasteiger partial charge in [0.25, 0.3) is 0 Å². The number of imidazole rings is 1. The summed E-state index contributed by atoms with van der Waals surface area (Å²) in [6, 6.07) is 12.4. The van der Waals surface area contributed by atoms with E-state index in [4.69, 9.17) is 4.98 Å². The van der Waals surface area contributed by atoms with Gasteiger partial charge in [-0.2, -0.15) is 11.8 Å². The molecule has 1 aliphatic heterocycles. The fourth-order valence-corrected chi connectivity index (χ4v) is 4.37. The fraction of sp³-hybridized carbons (Fsp3) is 0.190. The van der Waals surface area contributed by atoms with E-state index in [-0.39, 0.29) is 5.82 Å². The molecule has 0 radical (unpaired) electrons. The Labute approximate surface area is 166 Å². The highest BCUT2D eigenvalue weighted by atomic mass is 32.2. The molecule has 1 fully saturated rings. The lowest BCUT2D eigenvalue weighted by Gasteiger charge is -2.27. The number of fused-ring (bicyclic) bond motifs is 1. The van der Waals surface area contributed by atoms with Crippen molar-refractivity contribution in [1.29, 1.82) is 0 Å².